The Kier molecular flexibility index (Phi) is 7.02. The first kappa shape index (κ1) is 22.8. The number of hydrogen-bond donors (Lipinski definition) is 0. The number of aryl methyl sites for hydroxylation is 2. The Morgan fingerprint density at radius 2 is 1.65 bits per heavy atom. The molecule has 0 unspecified atom stereocenters. The Balaban J connectivity index is 1.66. The summed E-state index contributed by atoms with van der Waals surface area (Å²) >= 11 is 1.18. The molecular weight excluding hydrogens is 432 g/mol. The van der Waals surface area contributed by atoms with Crippen molar-refractivity contribution in [3.05, 3.63) is 71.1 Å². The van der Waals surface area contributed by atoms with Crippen LogP contribution < -0.4 is 13.9 Å². The molecule has 0 saturated heterocycles. The number of carbonyl (C=O) groups is 1. The molecule has 0 aliphatic carbocycles. The summed E-state index contributed by atoms with van der Waals surface area (Å²) in [7, 11) is -2.08. The van der Waals surface area contributed by atoms with Crippen LogP contribution in [0.3, 0.4) is 0 Å². The number of benzene rings is 2. The van der Waals surface area contributed by atoms with Gasteiger partial charge in [-0.15, -0.1) is 11.3 Å². The van der Waals surface area contributed by atoms with Gasteiger partial charge in [0.2, 0.25) is 0 Å². The highest BCUT2D eigenvalue weighted by molar-refractivity contribution is 7.94. The average Bonchev–Trinajstić information content (AvgIpc) is 3.28. The van der Waals surface area contributed by atoms with Crippen molar-refractivity contribution in [1.29, 1.82) is 0 Å². The molecule has 31 heavy (non-hydrogen) atoms. The largest absolute Gasteiger partial charge is 0.484 e. The van der Waals surface area contributed by atoms with E-state index in [2.05, 4.69) is 6.07 Å². The monoisotopic (exact) mass is 458 g/mol. The minimum Gasteiger partial charge on any atom is -0.484 e. The van der Waals surface area contributed by atoms with Crippen LogP contribution in [-0.2, 0) is 14.8 Å². The smallest absolute Gasteiger partial charge is 0.273 e. The Morgan fingerprint density at radius 1 is 1.00 bits per heavy atom. The first-order chi connectivity index (χ1) is 14.7. The highest BCUT2D eigenvalue weighted by Crippen LogP contribution is 2.27. The van der Waals surface area contributed by atoms with Gasteiger partial charge in [-0.2, -0.15) is 0 Å². The van der Waals surface area contributed by atoms with E-state index in [9.17, 15) is 13.2 Å². The summed E-state index contributed by atoms with van der Waals surface area (Å²) in [6, 6.07) is 16.0. The number of anilines is 2. The van der Waals surface area contributed by atoms with Crippen molar-refractivity contribution in [3.8, 4) is 5.75 Å². The van der Waals surface area contributed by atoms with E-state index < -0.39 is 10.0 Å². The summed E-state index contributed by atoms with van der Waals surface area (Å²) in [4.78, 5) is 14.4. The van der Waals surface area contributed by atoms with Crippen molar-refractivity contribution in [1.82, 2.24) is 0 Å². The normalized spacial score (nSPS) is 11.2. The van der Waals surface area contributed by atoms with Crippen molar-refractivity contribution in [2.45, 2.75) is 25.0 Å². The summed E-state index contributed by atoms with van der Waals surface area (Å²) in [6.45, 7) is 6.36. The van der Waals surface area contributed by atoms with E-state index in [-0.39, 0.29) is 16.7 Å². The highest BCUT2D eigenvalue weighted by Gasteiger charge is 2.22. The molecule has 0 atom stereocenters. The zero-order valence-corrected chi connectivity index (χ0v) is 19.7. The SMILES string of the molecule is CCN(C(=O)COc1ccc(N(C)S(=O)(=O)c2cccs2)cc1)c1cc(C)cc(C)c1. The second-order valence-electron chi connectivity index (χ2n) is 7.17. The summed E-state index contributed by atoms with van der Waals surface area (Å²) in [5, 5.41) is 1.73. The van der Waals surface area contributed by atoms with Crippen molar-refractivity contribution >= 4 is 38.6 Å². The van der Waals surface area contributed by atoms with Crippen molar-refractivity contribution in [2.75, 3.05) is 29.4 Å². The van der Waals surface area contributed by atoms with E-state index in [0.29, 0.717) is 18.0 Å². The van der Waals surface area contributed by atoms with Gasteiger partial charge >= 0.3 is 0 Å². The minimum absolute atomic E-state index is 0.108. The number of sulfonamides is 1. The van der Waals surface area contributed by atoms with Crippen LogP contribution in [0.2, 0.25) is 0 Å². The predicted octanol–water partition coefficient (Wildman–Crippen LogP) is 4.62. The number of thiophene rings is 1. The summed E-state index contributed by atoms with van der Waals surface area (Å²) in [6.07, 6.45) is 0. The van der Waals surface area contributed by atoms with E-state index in [0.717, 1.165) is 16.8 Å². The molecule has 1 heterocycles. The lowest BCUT2D eigenvalue weighted by Gasteiger charge is -2.22. The van der Waals surface area contributed by atoms with Crippen LogP contribution in [0, 0.1) is 13.8 Å². The van der Waals surface area contributed by atoms with Crippen LogP contribution in [0.15, 0.2) is 64.2 Å². The van der Waals surface area contributed by atoms with Gasteiger partial charge < -0.3 is 9.64 Å². The number of likely N-dealkylation sites (N-methyl/N-ethyl adjacent to an activating group) is 1. The first-order valence-corrected chi connectivity index (χ1v) is 12.2. The highest BCUT2D eigenvalue weighted by atomic mass is 32.2. The molecule has 1 aromatic heterocycles. The molecule has 0 aliphatic rings. The van der Waals surface area contributed by atoms with E-state index in [4.69, 9.17) is 4.74 Å². The number of hydrogen-bond acceptors (Lipinski definition) is 5. The fourth-order valence-corrected chi connectivity index (χ4v) is 5.63. The summed E-state index contributed by atoms with van der Waals surface area (Å²) < 4.78 is 32.5. The third-order valence-electron chi connectivity index (χ3n) is 4.81. The van der Waals surface area contributed by atoms with Gasteiger partial charge in [0.05, 0.1) is 5.69 Å². The van der Waals surface area contributed by atoms with E-state index in [1.807, 2.05) is 32.9 Å². The molecule has 0 aliphatic heterocycles. The number of carbonyl (C=O) groups excluding carboxylic acids is 1. The molecule has 164 valence electrons. The van der Waals surface area contributed by atoms with Gasteiger partial charge in [0.15, 0.2) is 6.61 Å². The maximum absolute atomic E-state index is 12.7. The molecule has 1 amide bonds. The van der Waals surface area contributed by atoms with Gasteiger partial charge in [0.1, 0.15) is 9.96 Å². The van der Waals surface area contributed by atoms with Gasteiger partial charge in [-0.3, -0.25) is 9.10 Å². The molecular formula is C23H26N2O4S2. The summed E-state index contributed by atoms with van der Waals surface area (Å²) in [5.41, 5.74) is 3.56. The first-order valence-electron chi connectivity index (χ1n) is 9.86. The van der Waals surface area contributed by atoms with Crippen LogP contribution in [0.4, 0.5) is 11.4 Å². The Morgan fingerprint density at radius 3 is 2.19 bits per heavy atom. The Bertz CT molecular complexity index is 1120. The molecule has 0 saturated carbocycles. The fourth-order valence-electron chi connectivity index (χ4n) is 3.27. The molecule has 0 fully saturated rings. The van der Waals surface area contributed by atoms with Crippen molar-refractivity contribution in [2.24, 2.45) is 0 Å². The number of rotatable bonds is 8. The number of nitrogens with zero attached hydrogens (tertiary/aromatic N) is 2. The Hall–Kier alpha value is -2.84. The topological polar surface area (TPSA) is 66.9 Å². The molecule has 6 nitrogen and oxygen atoms in total. The molecule has 0 spiro atoms. The lowest BCUT2D eigenvalue weighted by atomic mass is 10.1. The van der Waals surface area contributed by atoms with Crippen LogP contribution in [0.1, 0.15) is 18.1 Å². The van der Waals surface area contributed by atoms with Crippen LogP contribution in [-0.4, -0.2) is 34.5 Å². The quantitative estimate of drug-likeness (QED) is 0.494. The molecule has 2 aromatic carbocycles. The zero-order valence-electron chi connectivity index (χ0n) is 18.0. The number of ether oxygens (including phenoxy) is 1. The Labute approximate surface area is 187 Å². The molecule has 3 rings (SSSR count). The lowest BCUT2D eigenvalue weighted by Crippen LogP contribution is -2.34. The third-order valence-corrected chi connectivity index (χ3v) is 7.97. The second-order valence-corrected chi connectivity index (χ2v) is 10.3. The van der Waals surface area contributed by atoms with Gasteiger partial charge in [0.25, 0.3) is 15.9 Å². The second kappa shape index (κ2) is 9.53. The van der Waals surface area contributed by atoms with Crippen molar-refractivity contribution in [3.63, 3.8) is 0 Å². The van der Waals surface area contributed by atoms with Crippen LogP contribution in [0.25, 0.3) is 0 Å². The molecule has 3 aromatic rings. The van der Waals surface area contributed by atoms with Crippen LogP contribution >= 0.6 is 11.3 Å². The van der Waals surface area contributed by atoms with Gasteiger partial charge in [0, 0.05) is 19.3 Å². The predicted molar refractivity (Wildman–Crippen MR) is 126 cm³/mol. The standard InChI is InChI=1S/C23H26N2O4S2/c1-5-25(20-14-17(2)13-18(3)15-20)22(26)16-29-21-10-8-19(9-11-21)24(4)31(27,28)23-7-6-12-30-23/h6-15H,5,16H2,1-4H3. The maximum atomic E-state index is 12.7. The molecule has 0 bridgehead atoms. The fraction of sp³-hybridized carbons (Fsp3) is 0.261. The molecule has 0 radical (unpaired) electrons. The lowest BCUT2D eigenvalue weighted by molar-refractivity contribution is -0.120. The van der Waals surface area contributed by atoms with Gasteiger partial charge in [-0.25, -0.2) is 8.42 Å². The number of amides is 1. The molecule has 8 heteroatoms. The van der Waals surface area contributed by atoms with E-state index in [1.165, 1.54) is 22.7 Å². The third kappa shape index (κ3) is 5.26. The van der Waals surface area contributed by atoms with Gasteiger partial charge in [-0.05, 0) is 79.7 Å². The minimum atomic E-state index is -3.59. The zero-order chi connectivity index (χ0) is 22.6. The van der Waals surface area contributed by atoms with Gasteiger partial charge in [-0.1, -0.05) is 12.1 Å². The van der Waals surface area contributed by atoms with E-state index in [1.54, 1.807) is 46.7 Å². The maximum Gasteiger partial charge on any atom is 0.273 e. The van der Waals surface area contributed by atoms with Crippen LogP contribution in [0.5, 0.6) is 5.75 Å². The average molecular weight is 459 g/mol. The molecule has 0 N–H and O–H groups in total. The van der Waals surface area contributed by atoms with E-state index >= 15 is 0 Å². The summed E-state index contributed by atoms with van der Waals surface area (Å²) in [5.74, 6) is 0.351. The van der Waals surface area contributed by atoms with Crippen molar-refractivity contribution < 1.29 is 17.9 Å².